The molecule has 0 bridgehead atoms. The highest BCUT2D eigenvalue weighted by Crippen LogP contribution is 2.34. The average Bonchev–Trinajstić information content (AvgIpc) is 3.60. The zero-order valence-corrected chi connectivity index (χ0v) is 21.0. The summed E-state index contributed by atoms with van der Waals surface area (Å²) in [6, 6.07) is 9.80. The largest absolute Gasteiger partial charge is 0.573 e. The first kappa shape index (κ1) is 26.4. The Morgan fingerprint density at radius 3 is 2.45 bits per heavy atom. The van der Waals surface area contributed by atoms with Gasteiger partial charge in [0.25, 0.3) is 0 Å². The third-order valence-electron chi connectivity index (χ3n) is 7.23. The number of hydrogen-bond donors (Lipinski definition) is 2. The van der Waals surface area contributed by atoms with Crippen molar-refractivity contribution in [3.8, 4) is 17.2 Å². The predicted molar refractivity (Wildman–Crippen MR) is 133 cm³/mol. The summed E-state index contributed by atoms with van der Waals surface area (Å²) < 4.78 is 52.8. The monoisotopic (exact) mass is 535 g/mol. The fourth-order valence-electron chi connectivity index (χ4n) is 5.41. The van der Waals surface area contributed by atoms with E-state index < -0.39 is 24.6 Å². The number of carbonyl (C=O) groups excluding carboxylic acids is 1. The van der Waals surface area contributed by atoms with E-state index in [-0.39, 0.29) is 11.7 Å². The quantitative estimate of drug-likeness (QED) is 0.534. The van der Waals surface area contributed by atoms with Crippen LogP contribution in [-0.2, 0) is 4.79 Å². The van der Waals surface area contributed by atoms with Crippen LogP contribution in [0, 0.1) is 0 Å². The van der Waals surface area contributed by atoms with E-state index >= 15 is 0 Å². The molecule has 2 fully saturated rings. The van der Waals surface area contributed by atoms with Crippen LogP contribution in [0.4, 0.5) is 18.9 Å². The minimum atomic E-state index is -4.76. The van der Waals surface area contributed by atoms with E-state index in [1.54, 1.807) is 18.2 Å². The van der Waals surface area contributed by atoms with E-state index in [1.807, 2.05) is 4.90 Å². The highest BCUT2D eigenvalue weighted by molar-refractivity contribution is 5.86. The molecule has 3 aliphatic rings. The van der Waals surface area contributed by atoms with Crippen LogP contribution in [0.5, 0.6) is 17.2 Å². The standard InChI is InChI=1S/C27H32F3N3O5/c28-27(29,30)38-20-8-6-19(7-9-20)33-13-3-4-22(33)26(35)31-21(17-32-11-1-2-12-32)25(34)18-5-10-23-24(16-18)37-15-14-36-23/h5-10,16,21-22,25,34H,1-4,11-15,17H2,(H,31,35). The number of nitrogens with zero attached hydrogens (tertiary/aromatic N) is 2. The lowest BCUT2D eigenvalue weighted by atomic mass is 10.00. The van der Waals surface area contributed by atoms with E-state index in [4.69, 9.17) is 9.47 Å². The number of aliphatic hydroxyl groups excluding tert-OH is 1. The second-order valence-corrected chi connectivity index (χ2v) is 9.86. The van der Waals surface area contributed by atoms with Gasteiger partial charge < -0.3 is 34.4 Å². The van der Waals surface area contributed by atoms with Gasteiger partial charge in [-0.25, -0.2) is 0 Å². The number of rotatable bonds is 8. The summed E-state index contributed by atoms with van der Waals surface area (Å²) in [7, 11) is 0. The van der Waals surface area contributed by atoms with Crippen molar-refractivity contribution < 1.29 is 37.3 Å². The van der Waals surface area contributed by atoms with Crippen molar-refractivity contribution in [1.29, 1.82) is 0 Å². The summed E-state index contributed by atoms with van der Waals surface area (Å²) in [5.41, 5.74) is 1.27. The molecular formula is C27H32F3N3O5. The fraction of sp³-hybridized carbons (Fsp3) is 0.519. The molecule has 3 atom stereocenters. The molecule has 3 unspecified atom stereocenters. The van der Waals surface area contributed by atoms with Crippen molar-refractivity contribution in [2.45, 2.75) is 50.2 Å². The van der Waals surface area contributed by atoms with Gasteiger partial charge in [-0.1, -0.05) is 6.07 Å². The number of alkyl halides is 3. The average molecular weight is 536 g/mol. The van der Waals surface area contributed by atoms with Gasteiger partial charge in [-0.2, -0.15) is 0 Å². The van der Waals surface area contributed by atoms with Crippen LogP contribution in [0.15, 0.2) is 42.5 Å². The Morgan fingerprint density at radius 1 is 1.03 bits per heavy atom. The predicted octanol–water partition coefficient (Wildman–Crippen LogP) is 3.64. The van der Waals surface area contributed by atoms with E-state index in [2.05, 4.69) is 15.0 Å². The van der Waals surface area contributed by atoms with E-state index in [9.17, 15) is 23.1 Å². The number of amides is 1. The molecule has 0 aliphatic carbocycles. The van der Waals surface area contributed by atoms with Crippen molar-refractivity contribution in [3.63, 3.8) is 0 Å². The van der Waals surface area contributed by atoms with Gasteiger partial charge in [0.2, 0.25) is 5.91 Å². The summed E-state index contributed by atoms with van der Waals surface area (Å²) in [6.07, 6.45) is -2.22. The van der Waals surface area contributed by atoms with Gasteiger partial charge in [0.15, 0.2) is 11.5 Å². The Kier molecular flexibility index (Phi) is 7.85. The summed E-state index contributed by atoms with van der Waals surface area (Å²) in [5, 5.41) is 14.5. The van der Waals surface area contributed by atoms with Crippen molar-refractivity contribution in [1.82, 2.24) is 10.2 Å². The molecule has 5 rings (SSSR count). The molecule has 0 radical (unpaired) electrons. The number of ether oxygens (including phenoxy) is 3. The fourth-order valence-corrected chi connectivity index (χ4v) is 5.41. The Labute approximate surface area is 219 Å². The lowest BCUT2D eigenvalue weighted by Crippen LogP contribution is -2.52. The number of likely N-dealkylation sites (tertiary alicyclic amines) is 1. The molecule has 206 valence electrons. The first-order valence-electron chi connectivity index (χ1n) is 13.0. The first-order chi connectivity index (χ1) is 18.3. The molecular weight excluding hydrogens is 503 g/mol. The molecule has 2 aromatic carbocycles. The van der Waals surface area contributed by atoms with E-state index in [0.29, 0.717) is 55.5 Å². The molecule has 0 spiro atoms. The Balaban J connectivity index is 1.31. The van der Waals surface area contributed by atoms with Crippen LogP contribution < -0.4 is 24.4 Å². The maximum Gasteiger partial charge on any atom is 0.573 e. The molecule has 0 aromatic heterocycles. The highest BCUT2D eigenvalue weighted by atomic mass is 19.4. The van der Waals surface area contributed by atoms with Crippen LogP contribution in [0.3, 0.4) is 0 Å². The van der Waals surface area contributed by atoms with Crippen LogP contribution >= 0.6 is 0 Å². The second kappa shape index (κ2) is 11.3. The summed E-state index contributed by atoms with van der Waals surface area (Å²) in [5.74, 6) is 0.660. The van der Waals surface area contributed by atoms with Crippen LogP contribution in [0.1, 0.15) is 37.4 Å². The number of anilines is 1. The van der Waals surface area contributed by atoms with Gasteiger partial charge in [0.05, 0.1) is 6.04 Å². The van der Waals surface area contributed by atoms with Gasteiger partial charge in [-0.15, -0.1) is 13.2 Å². The lowest BCUT2D eigenvalue weighted by molar-refractivity contribution is -0.274. The minimum Gasteiger partial charge on any atom is -0.486 e. The maximum absolute atomic E-state index is 13.5. The topological polar surface area (TPSA) is 83.5 Å². The molecule has 3 aliphatic heterocycles. The number of halogens is 3. The SMILES string of the molecule is O=C(NC(CN1CCCC1)C(O)c1ccc2c(c1)OCCO2)C1CCCN1c1ccc(OC(F)(F)F)cc1. The molecule has 0 saturated carbocycles. The molecule has 1 amide bonds. The lowest BCUT2D eigenvalue weighted by Gasteiger charge is -2.32. The molecule has 2 saturated heterocycles. The van der Waals surface area contributed by atoms with Crippen LogP contribution in [-0.4, -0.2) is 73.8 Å². The summed E-state index contributed by atoms with van der Waals surface area (Å²) in [4.78, 5) is 17.7. The van der Waals surface area contributed by atoms with E-state index in [1.165, 1.54) is 24.3 Å². The Hall–Kier alpha value is -3.18. The number of hydrogen-bond acceptors (Lipinski definition) is 7. The smallest absolute Gasteiger partial charge is 0.486 e. The number of nitrogens with one attached hydrogen (secondary N) is 1. The third kappa shape index (κ3) is 6.27. The van der Waals surface area contributed by atoms with Gasteiger partial charge in [0, 0.05) is 18.8 Å². The van der Waals surface area contributed by atoms with Gasteiger partial charge in [-0.3, -0.25) is 4.79 Å². The number of carbonyl (C=O) groups is 1. The molecule has 3 heterocycles. The summed E-state index contributed by atoms with van der Waals surface area (Å²) in [6.45, 7) is 3.81. The van der Waals surface area contributed by atoms with Crippen molar-refractivity contribution in [2.24, 2.45) is 0 Å². The Morgan fingerprint density at radius 2 is 1.74 bits per heavy atom. The van der Waals surface area contributed by atoms with Crippen molar-refractivity contribution in [3.05, 3.63) is 48.0 Å². The normalized spacial score (nSPS) is 21.3. The highest BCUT2D eigenvalue weighted by Gasteiger charge is 2.35. The second-order valence-electron chi connectivity index (χ2n) is 9.86. The van der Waals surface area contributed by atoms with E-state index in [0.717, 1.165) is 32.4 Å². The minimum absolute atomic E-state index is 0.223. The maximum atomic E-state index is 13.5. The summed E-state index contributed by atoms with van der Waals surface area (Å²) >= 11 is 0. The first-order valence-corrected chi connectivity index (χ1v) is 13.0. The van der Waals surface area contributed by atoms with Gasteiger partial charge >= 0.3 is 6.36 Å². The van der Waals surface area contributed by atoms with Crippen LogP contribution in [0.25, 0.3) is 0 Å². The van der Waals surface area contributed by atoms with Gasteiger partial charge in [0.1, 0.15) is 31.1 Å². The molecule has 2 aromatic rings. The molecule has 8 nitrogen and oxygen atoms in total. The molecule has 11 heteroatoms. The zero-order valence-electron chi connectivity index (χ0n) is 21.0. The Bertz CT molecular complexity index is 1110. The molecule has 2 N–H and O–H groups in total. The number of fused-ring (bicyclic) bond motifs is 1. The van der Waals surface area contributed by atoms with Crippen molar-refractivity contribution in [2.75, 3.05) is 44.3 Å². The molecule has 38 heavy (non-hydrogen) atoms. The number of benzene rings is 2. The zero-order chi connectivity index (χ0) is 26.7. The van der Waals surface area contributed by atoms with Crippen LogP contribution in [0.2, 0.25) is 0 Å². The number of aliphatic hydroxyl groups is 1. The van der Waals surface area contributed by atoms with Crippen molar-refractivity contribution >= 4 is 11.6 Å². The van der Waals surface area contributed by atoms with Gasteiger partial charge in [-0.05, 0) is 80.7 Å². The third-order valence-corrected chi connectivity index (χ3v) is 7.23.